The molecule has 0 unspecified atom stereocenters. The van der Waals surface area contributed by atoms with Gasteiger partial charge in [-0.2, -0.15) is 0 Å². The van der Waals surface area contributed by atoms with Crippen molar-refractivity contribution in [2.45, 2.75) is 77.6 Å². The van der Waals surface area contributed by atoms with Crippen LogP contribution < -0.4 is 5.73 Å². The largest absolute Gasteiger partial charge is 0.399 e. The molecular formula is C18H30ClN. The average Bonchev–Trinajstić information content (AvgIpc) is 2.44. The number of halogens is 1. The van der Waals surface area contributed by atoms with E-state index < -0.39 is 0 Å². The van der Waals surface area contributed by atoms with Crippen molar-refractivity contribution in [3.8, 4) is 0 Å². The molecule has 0 saturated carbocycles. The predicted molar refractivity (Wildman–Crippen MR) is 91.4 cm³/mol. The highest BCUT2D eigenvalue weighted by molar-refractivity contribution is 6.31. The van der Waals surface area contributed by atoms with Gasteiger partial charge in [0.05, 0.1) is 0 Å². The molecule has 0 atom stereocenters. The van der Waals surface area contributed by atoms with Crippen LogP contribution in [-0.4, -0.2) is 0 Å². The maximum atomic E-state index is 6.16. The Morgan fingerprint density at radius 3 is 2.00 bits per heavy atom. The van der Waals surface area contributed by atoms with Crippen molar-refractivity contribution in [2.75, 3.05) is 5.73 Å². The van der Waals surface area contributed by atoms with E-state index in [1.807, 2.05) is 18.2 Å². The lowest BCUT2D eigenvalue weighted by atomic mass is 10.0. The molecule has 1 aromatic rings. The summed E-state index contributed by atoms with van der Waals surface area (Å²) in [4.78, 5) is 0. The molecule has 0 aliphatic carbocycles. The molecule has 2 N–H and O–H groups in total. The molecule has 114 valence electrons. The molecule has 0 aliphatic rings. The Morgan fingerprint density at radius 2 is 1.40 bits per heavy atom. The molecule has 1 nitrogen and oxygen atoms in total. The van der Waals surface area contributed by atoms with Gasteiger partial charge in [-0.1, -0.05) is 76.3 Å². The van der Waals surface area contributed by atoms with Crippen molar-refractivity contribution in [1.82, 2.24) is 0 Å². The number of unbranched alkanes of at least 4 members (excludes halogenated alkanes) is 9. The number of rotatable bonds is 11. The van der Waals surface area contributed by atoms with Crippen LogP contribution in [0.25, 0.3) is 0 Å². The van der Waals surface area contributed by atoms with Crippen LogP contribution in [0.1, 0.15) is 76.7 Å². The second-order valence-electron chi connectivity index (χ2n) is 5.78. The van der Waals surface area contributed by atoms with Gasteiger partial charge < -0.3 is 5.73 Å². The Hall–Kier alpha value is -0.690. The number of anilines is 1. The van der Waals surface area contributed by atoms with Crippen molar-refractivity contribution in [3.63, 3.8) is 0 Å². The second-order valence-corrected chi connectivity index (χ2v) is 6.19. The van der Waals surface area contributed by atoms with Gasteiger partial charge in [-0.15, -0.1) is 0 Å². The van der Waals surface area contributed by atoms with Crippen LogP contribution in [0.4, 0.5) is 5.69 Å². The Bertz CT molecular complexity index is 362. The fourth-order valence-corrected chi connectivity index (χ4v) is 2.80. The fraction of sp³-hybridized carbons (Fsp3) is 0.667. The normalized spacial score (nSPS) is 10.9. The summed E-state index contributed by atoms with van der Waals surface area (Å²) in [7, 11) is 0. The Labute approximate surface area is 129 Å². The molecule has 0 saturated heterocycles. The number of hydrogen-bond donors (Lipinski definition) is 1. The SMILES string of the molecule is CCCCCCCCCCCCc1cc(N)ccc1Cl. The summed E-state index contributed by atoms with van der Waals surface area (Å²) < 4.78 is 0. The van der Waals surface area contributed by atoms with Crippen molar-refractivity contribution >= 4 is 17.3 Å². The third-order valence-corrected chi connectivity index (χ3v) is 4.24. The summed E-state index contributed by atoms with van der Waals surface area (Å²) in [6, 6.07) is 5.78. The molecule has 1 aromatic carbocycles. The van der Waals surface area contributed by atoms with Gasteiger partial charge in [0.25, 0.3) is 0 Å². The van der Waals surface area contributed by atoms with Crippen LogP contribution >= 0.6 is 11.6 Å². The molecule has 0 heterocycles. The Morgan fingerprint density at radius 1 is 0.850 bits per heavy atom. The smallest absolute Gasteiger partial charge is 0.0439 e. The van der Waals surface area contributed by atoms with Crippen LogP contribution in [0.5, 0.6) is 0 Å². The number of hydrogen-bond acceptors (Lipinski definition) is 1. The van der Waals surface area contributed by atoms with Crippen molar-refractivity contribution in [1.29, 1.82) is 0 Å². The first kappa shape index (κ1) is 17.4. The van der Waals surface area contributed by atoms with Crippen LogP contribution in [0.15, 0.2) is 18.2 Å². The van der Waals surface area contributed by atoms with Gasteiger partial charge in [-0.25, -0.2) is 0 Å². The van der Waals surface area contributed by atoms with Gasteiger partial charge in [-0.3, -0.25) is 0 Å². The first-order valence-electron chi connectivity index (χ1n) is 8.28. The van der Waals surface area contributed by atoms with Gasteiger partial charge in [0.2, 0.25) is 0 Å². The van der Waals surface area contributed by atoms with Crippen LogP contribution in [-0.2, 0) is 6.42 Å². The van der Waals surface area contributed by atoms with Gasteiger partial charge in [0.15, 0.2) is 0 Å². The minimum atomic E-state index is 0.816. The van der Waals surface area contributed by atoms with E-state index in [-0.39, 0.29) is 0 Å². The first-order valence-corrected chi connectivity index (χ1v) is 8.65. The molecule has 0 amide bonds. The zero-order chi connectivity index (χ0) is 14.6. The van der Waals surface area contributed by atoms with Gasteiger partial charge in [0, 0.05) is 10.7 Å². The molecule has 0 fully saturated rings. The fourth-order valence-electron chi connectivity index (χ4n) is 2.59. The molecule has 0 aliphatic heterocycles. The number of nitrogens with two attached hydrogens (primary N) is 1. The number of nitrogen functional groups attached to an aromatic ring is 1. The predicted octanol–water partition coefficient (Wildman–Crippen LogP) is 6.39. The molecule has 0 radical (unpaired) electrons. The standard InChI is InChI=1S/C18H30ClN/c1-2-3-4-5-6-7-8-9-10-11-12-16-15-17(20)13-14-18(16)19/h13-15H,2-12,20H2,1H3. The van der Waals surface area contributed by atoms with Gasteiger partial charge >= 0.3 is 0 Å². The van der Waals surface area contributed by atoms with E-state index in [0.29, 0.717) is 0 Å². The van der Waals surface area contributed by atoms with Crippen molar-refractivity contribution in [3.05, 3.63) is 28.8 Å². The topological polar surface area (TPSA) is 26.0 Å². The highest BCUT2D eigenvalue weighted by Crippen LogP contribution is 2.21. The second kappa shape index (κ2) is 11.0. The Kier molecular flexibility index (Phi) is 9.57. The van der Waals surface area contributed by atoms with E-state index in [1.54, 1.807) is 0 Å². The lowest BCUT2D eigenvalue weighted by Gasteiger charge is -2.06. The highest BCUT2D eigenvalue weighted by atomic mass is 35.5. The maximum Gasteiger partial charge on any atom is 0.0439 e. The van der Waals surface area contributed by atoms with Gasteiger partial charge in [-0.05, 0) is 36.6 Å². The lowest BCUT2D eigenvalue weighted by molar-refractivity contribution is 0.556. The zero-order valence-electron chi connectivity index (χ0n) is 13.0. The zero-order valence-corrected chi connectivity index (χ0v) is 13.7. The number of benzene rings is 1. The monoisotopic (exact) mass is 295 g/mol. The van der Waals surface area contributed by atoms with Gasteiger partial charge in [0.1, 0.15) is 0 Å². The molecule has 20 heavy (non-hydrogen) atoms. The molecule has 2 heteroatoms. The van der Waals surface area contributed by atoms with E-state index in [1.165, 1.54) is 69.8 Å². The minimum absolute atomic E-state index is 0.816. The summed E-state index contributed by atoms with van der Waals surface area (Å²) in [5.41, 5.74) is 7.81. The third-order valence-electron chi connectivity index (χ3n) is 3.87. The van der Waals surface area contributed by atoms with E-state index in [2.05, 4.69) is 6.92 Å². The third kappa shape index (κ3) is 7.79. The van der Waals surface area contributed by atoms with E-state index in [4.69, 9.17) is 17.3 Å². The summed E-state index contributed by atoms with van der Waals surface area (Å²) in [6.45, 7) is 2.27. The van der Waals surface area contributed by atoms with E-state index in [0.717, 1.165) is 17.1 Å². The molecule has 0 aromatic heterocycles. The summed E-state index contributed by atoms with van der Waals surface area (Å²) in [6.07, 6.45) is 14.7. The number of aryl methyl sites for hydroxylation is 1. The van der Waals surface area contributed by atoms with Crippen LogP contribution in [0, 0.1) is 0 Å². The van der Waals surface area contributed by atoms with Crippen molar-refractivity contribution < 1.29 is 0 Å². The lowest BCUT2D eigenvalue weighted by Crippen LogP contribution is -1.91. The highest BCUT2D eigenvalue weighted by Gasteiger charge is 2.00. The molecule has 0 spiro atoms. The summed E-state index contributed by atoms with van der Waals surface area (Å²) in [5.74, 6) is 0. The maximum absolute atomic E-state index is 6.16. The average molecular weight is 296 g/mol. The summed E-state index contributed by atoms with van der Waals surface area (Å²) in [5, 5.41) is 0.857. The summed E-state index contributed by atoms with van der Waals surface area (Å²) >= 11 is 6.16. The van der Waals surface area contributed by atoms with Crippen LogP contribution in [0.2, 0.25) is 5.02 Å². The minimum Gasteiger partial charge on any atom is -0.399 e. The first-order chi connectivity index (χ1) is 9.74. The van der Waals surface area contributed by atoms with E-state index >= 15 is 0 Å². The quantitative estimate of drug-likeness (QED) is 0.372. The molecule has 1 rings (SSSR count). The van der Waals surface area contributed by atoms with Crippen LogP contribution in [0.3, 0.4) is 0 Å². The van der Waals surface area contributed by atoms with Crippen molar-refractivity contribution in [2.24, 2.45) is 0 Å². The molecular weight excluding hydrogens is 266 g/mol. The Balaban J connectivity index is 1.98. The molecule has 0 bridgehead atoms. The van der Waals surface area contributed by atoms with E-state index in [9.17, 15) is 0 Å².